The Balaban J connectivity index is 1.41. The highest BCUT2D eigenvalue weighted by molar-refractivity contribution is 14.1. The van der Waals surface area contributed by atoms with E-state index in [0.717, 1.165) is 43.1 Å². The Bertz CT molecular complexity index is 1160. The molecule has 2 aliphatic rings. The second-order valence-corrected chi connectivity index (χ2v) is 9.51. The van der Waals surface area contributed by atoms with Gasteiger partial charge >= 0.3 is 6.03 Å². The van der Waals surface area contributed by atoms with Crippen LogP contribution in [0.25, 0.3) is 11.4 Å². The van der Waals surface area contributed by atoms with Gasteiger partial charge in [0.15, 0.2) is 11.6 Å². The quantitative estimate of drug-likeness (QED) is 0.371. The summed E-state index contributed by atoms with van der Waals surface area (Å²) in [7, 11) is 2.12. The third-order valence-electron chi connectivity index (χ3n) is 6.07. The fourth-order valence-corrected chi connectivity index (χ4v) is 4.61. The summed E-state index contributed by atoms with van der Waals surface area (Å²) in [6.45, 7) is 6.20. The lowest BCUT2D eigenvalue weighted by molar-refractivity contribution is 0.0983. The van der Waals surface area contributed by atoms with Crippen LogP contribution < -0.4 is 13.3 Å². The summed E-state index contributed by atoms with van der Waals surface area (Å²) in [5.41, 5.74) is 3.89. The molecule has 34 heavy (non-hydrogen) atoms. The van der Waals surface area contributed by atoms with Gasteiger partial charge in [0.05, 0.1) is 47.8 Å². The molecule has 0 saturated carbocycles. The highest BCUT2D eigenvalue weighted by Gasteiger charge is 2.28. The summed E-state index contributed by atoms with van der Waals surface area (Å²) in [6, 6.07) is 9.14. The summed E-state index contributed by atoms with van der Waals surface area (Å²) in [6.07, 6.45) is 2.36. The third-order valence-corrected chi connectivity index (χ3v) is 7.00. The van der Waals surface area contributed by atoms with Crippen LogP contribution in [-0.2, 0) is 17.7 Å². The monoisotopic (exact) mass is 575 g/mol. The van der Waals surface area contributed by atoms with Crippen molar-refractivity contribution in [1.29, 1.82) is 0 Å². The standard InChI is InChI=1S/C23H26IN7O3/c1-15-14-33-12-10-30(15)22-18-7-9-29(2)13-19(18)26-21(27-22)16-3-5-17(6-4-16)25-23(32)31(24)20-8-11-34-28-20/h3-6,8,11,15H,7,9-10,12-14H2,1-2H3,(H,25,32). The first kappa shape index (κ1) is 23.0. The van der Waals surface area contributed by atoms with Gasteiger partial charge in [-0.15, -0.1) is 0 Å². The lowest BCUT2D eigenvalue weighted by atomic mass is 10.0. The van der Waals surface area contributed by atoms with Gasteiger partial charge < -0.3 is 24.4 Å². The van der Waals surface area contributed by atoms with Crippen molar-refractivity contribution >= 4 is 46.2 Å². The number of ether oxygens (including phenoxy) is 1. The average molecular weight is 575 g/mol. The SMILES string of the molecule is CC1COCCN1c1nc(-c2ccc(NC(=O)N(I)c3ccon3)cc2)nc2c1CCN(C)C2. The summed E-state index contributed by atoms with van der Waals surface area (Å²) in [5.74, 6) is 2.14. The molecule has 10 nitrogen and oxygen atoms in total. The normalized spacial score (nSPS) is 18.4. The van der Waals surface area contributed by atoms with E-state index in [1.54, 1.807) is 6.07 Å². The second-order valence-electron chi connectivity index (χ2n) is 8.55. The zero-order chi connectivity index (χ0) is 23.7. The van der Waals surface area contributed by atoms with Gasteiger partial charge in [0.1, 0.15) is 12.1 Å². The smallest absolute Gasteiger partial charge is 0.336 e. The molecule has 1 fully saturated rings. The van der Waals surface area contributed by atoms with Gasteiger partial charge in [0, 0.05) is 42.5 Å². The molecule has 5 rings (SSSR count). The molecule has 0 bridgehead atoms. The molecular weight excluding hydrogens is 549 g/mol. The van der Waals surface area contributed by atoms with E-state index in [1.807, 2.05) is 47.1 Å². The van der Waals surface area contributed by atoms with Gasteiger partial charge in [-0.3, -0.25) is 0 Å². The van der Waals surface area contributed by atoms with Crippen molar-refractivity contribution in [3.8, 4) is 11.4 Å². The van der Waals surface area contributed by atoms with Gasteiger partial charge in [-0.25, -0.2) is 17.9 Å². The number of nitrogens with one attached hydrogen (secondary N) is 1. The van der Waals surface area contributed by atoms with Crippen LogP contribution in [0, 0.1) is 0 Å². The lowest BCUT2D eigenvalue weighted by Gasteiger charge is -2.37. The number of anilines is 3. The summed E-state index contributed by atoms with van der Waals surface area (Å²) in [5, 5.41) is 6.64. The number of morpholine rings is 1. The van der Waals surface area contributed by atoms with Crippen molar-refractivity contribution in [2.24, 2.45) is 0 Å². The van der Waals surface area contributed by atoms with E-state index in [1.165, 1.54) is 14.9 Å². The average Bonchev–Trinajstić information content (AvgIpc) is 3.38. The molecule has 0 aliphatic carbocycles. The van der Waals surface area contributed by atoms with Gasteiger partial charge in [0.2, 0.25) is 0 Å². The number of aromatic nitrogens is 3. The predicted octanol–water partition coefficient (Wildman–Crippen LogP) is 3.73. The number of carbonyl (C=O) groups is 1. The molecule has 1 unspecified atom stereocenters. The van der Waals surface area contributed by atoms with Crippen molar-refractivity contribution < 1.29 is 14.1 Å². The van der Waals surface area contributed by atoms with Gasteiger partial charge in [-0.1, -0.05) is 5.16 Å². The zero-order valence-electron chi connectivity index (χ0n) is 19.1. The minimum absolute atomic E-state index is 0.263. The Morgan fingerprint density at radius 2 is 2.03 bits per heavy atom. The molecule has 178 valence electrons. The van der Waals surface area contributed by atoms with Crippen molar-refractivity contribution in [2.75, 3.05) is 46.7 Å². The Kier molecular flexibility index (Phi) is 6.66. The Morgan fingerprint density at radius 3 is 2.76 bits per heavy atom. The molecule has 2 aromatic heterocycles. The maximum absolute atomic E-state index is 12.5. The second kappa shape index (κ2) is 9.84. The molecule has 3 aromatic rings. The molecular formula is C23H26IN7O3. The van der Waals surface area contributed by atoms with Crippen LogP contribution in [0.2, 0.25) is 0 Å². The highest BCUT2D eigenvalue weighted by Crippen LogP contribution is 2.31. The van der Waals surface area contributed by atoms with Crippen molar-refractivity contribution in [3.63, 3.8) is 0 Å². The number of benzene rings is 1. The number of carbonyl (C=O) groups excluding carboxylic acids is 1. The number of hydrogen-bond acceptors (Lipinski definition) is 8. The molecule has 2 amide bonds. The Hall–Kier alpha value is -2.77. The Morgan fingerprint density at radius 1 is 1.21 bits per heavy atom. The summed E-state index contributed by atoms with van der Waals surface area (Å²) < 4.78 is 11.8. The van der Waals surface area contributed by atoms with E-state index >= 15 is 0 Å². The maximum atomic E-state index is 12.5. The number of halogens is 1. The maximum Gasteiger partial charge on any atom is 0.336 e. The van der Waals surface area contributed by atoms with Gasteiger partial charge in [0.25, 0.3) is 0 Å². The molecule has 0 spiro atoms. The van der Waals surface area contributed by atoms with Crippen LogP contribution in [0.5, 0.6) is 0 Å². The third kappa shape index (κ3) is 4.72. The predicted molar refractivity (Wildman–Crippen MR) is 137 cm³/mol. The van der Waals surface area contributed by atoms with Crippen LogP contribution in [-0.4, -0.2) is 65.4 Å². The van der Waals surface area contributed by atoms with Crippen LogP contribution >= 0.6 is 22.9 Å². The minimum Gasteiger partial charge on any atom is -0.377 e. The number of likely N-dealkylation sites (N-methyl/N-ethyl adjacent to an activating group) is 1. The van der Waals surface area contributed by atoms with E-state index in [9.17, 15) is 4.79 Å². The van der Waals surface area contributed by atoms with Crippen LogP contribution in [0.3, 0.4) is 0 Å². The first-order valence-electron chi connectivity index (χ1n) is 11.2. The van der Waals surface area contributed by atoms with E-state index in [-0.39, 0.29) is 12.1 Å². The molecule has 11 heteroatoms. The fourth-order valence-electron chi connectivity index (χ4n) is 4.24. The largest absolute Gasteiger partial charge is 0.377 e. The molecule has 1 atom stereocenters. The van der Waals surface area contributed by atoms with Crippen molar-refractivity contribution in [1.82, 2.24) is 20.0 Å². The number of hydrogen-bond donors (Lipinski definition) is 1. The van der Waals surface area contributed by atoms with E-state index in [0.29, 0.717) is 30.5 Å². The number of amides is 2. The van der Waals surface area contributed by atoms with Crippen LogP contribution in [0.15, 0.2) is 41.1 Å². The van der Waals surface area contributed by atoms with Crippen LogP contribution in [0.1, 0.15) is 18.2 Å². The zero-order valence-corrected chi connectivity index (χ0v) is 21.2. The van der Waals surface area contributed by atoms with Crippen LogP contribution in [0.4, 0.5) is 22.1 Å². The first-order chi connectivity index (χ1) is 16.5. The first-order valence-corrected chi connectivity index (χ1v) is 12.2. The Labute approximate surface area is 211 Å². The number of fused-ring (bicyclic) bond motifs is 1. The van der Waals surface area contributed by atoms with Gasteiger partial charge in [-0.2, -0.15) is 0 Å². The minimum atomic E-state index is -0.320. The van der Waals surface area contributed by atoms with E-state index in [2.05, 4.69) is 34.2 Å². The number of rotatable bonds is 4. The van der Waals surface area contributed by atoms with E-state index in [4.69, 9.17) is 19.2 Å². The summed E-state index contributed by atoms with van der Waals surface area (Å²) in [4.78, 5) is 27.1. The molecule has 2 aliphatic heterocycles. The fraction of sp³-hybridized carbons (Fsp3) is 0.391. The van der Waals surface area contributed by atoms with Crippen molar-refractivity contribution in [2.45, 2.75) is 25.9 Å². The highest BCUT2D eigenvalue weighted by atomic mass is 127. The lowest BCUT2D eigenvalue weighted by Crippen LogP contribution is -2.45. The number of urea groups is 1. The topological polar surface area (TPSA) is 99.9 Å². The van der Waals surface area contributed by atoms with Gasteiger partial charge in [-0.05, 0) is 44.7 Å². The van der Waals surface area contributed by atoms with E-state index < -0.39 is 0 Å². The molecule has 0 radical (unpaired) electrons. The molecule has 1 N–H and O–H groups in total. The molecule has 1 saturated heterocycles. The number of nitrogens with zero attached hydrogens (tertiary/aromatic N) is 6. The van der Waals surface area contributed by atoms with Crippen molar-refractivity contribution in [3.05, 3.63) is 47.9 Å². The summed E-state index contributed by atoms with van der Waals surface area (Å²) >= 11 is 1.88. The molecule has 4 heterocycles. The molecule has 1 aromatic carbocycles.